The Morgan fingerprint density at radius 3 is 2.12 bits per heavy atom. The lowest BCUT2D eigenvalue weighted by atomic mass is 10.2. The van der Waals surface area contributed by atoms with Gasteiger partial charge in [-0.25, -0.2) is 4.79 Å². The van der Waals surface area contributed by atoms with Gasteiger partial charge in [0.15, 0.2) is 0 Å². The Bertz CT molecular complexity index is 228. The predicted molar refractivity (Wildman–Crippen MR) is 60.1 cm³/mol. The van der Waals surface area contributed by atoms with Gasteiger partial charge in [0.05, 0.1) is 13.2 Å². The Balaban J connectivity index is 4.30. The Labute approximate surface area is 96.7 Å². The Kier molecular flexibility index (Phi) is 7.33. The van der Waals surface area contributed by atoms with E-state index < -0.39 is 12.1 Å². The Morgan fingerprint density at radius 1 is 1.12 bits per heavy atom. The molecule has 16 heavy (non-hydrogen) atoms. The summed E-state index contributed by atoms with van der Waals surface area (Å²) in [4.78, 5) is 24.2. The summed E-state index contributed by atoms with van der Waals surface area (Å²) >= 11 is 0. The molecule has 0 atom stereocenters. The average Bonchev–Trinajstić information content (AvgIpc) is 2.16. The van der Waals surface area contributed by atoms with E-state index in [0.717, 1.165) is 0 Å². The van der Waals surface area contributed by atoms with Crippen molar-refractivity contribution in [1.29, 1.82) is 0 Å². The molecule has 0 fully saturated rings. The van der Waals surface area contributed by atoms with Crippen LogP contribution >= 0.6 is 0 Å². The highest BCUT2D eigenvalue weighted by Crippen LogP contribution is 2.02. The molecular formula is C11H21NO4. The maximum absolute atomic E-state index is 11.5. The van der Waals surface area contributed by atoms with Crippen LogP contribution in [0.5, 0.6) is 0 Å². The zero-order valence-electron chi connectivity index (χ0n) is 10.5. The second kappa shape index (κ2) is 7.96. The van der Waals surface area contributed by atoms with Crippen molar-refractivity contribution in [2.24, 2.45) is 5.92 Å². The summed E-state index contributed by atoms with van der Waals surface area (Å²) < 4.78 is 9.66. The fourth-order valence-electron chi connectivity index (χ4n) is 1.22. The predicted octanol–water partition coefficient (Wildman–Crippen LogP) is 1.66. The van der Waals surface area contributed by atoms with Crippen LogP contribution in [0.3, 0.4) is 0 Å². The van der Waals surface area contributed by atoms with Crippen molar-refractivity contribution in [2.75, 3.05) is 26.3 Å². The van der Waals surface area contributed by atoms with E-state index in [9.17, 15) is 9.59 Å². The van der Waals surface area contributed by atoms with Gasteiger partial charge in [0.25, 0.3) is 0 Å². The van der Waals surface area contributed by atoms with Crippen molar-refractivity contribution in [3.05, 3.63) is 0 Å². The van der Waals surface area contributed by atoms with Crippen molar-refractivity contribution in [1.82, 2.24) is 4.90 Å². The number of esters is 1. The minimum absolute atomic E-state index is 0.0507. The van der Waals surface area contributed by atoms with E-state index in [-0.39, 0.29) is 12.5 Å². The third-order valence-corrected chi connectivity index (χ3v) is 1.74. The molecule has 0 aliphatic carbocycles. The number of nitrogens with zero attached hydrogens (tertiary/aromatic N) is 1. The molecule has 5 nitrogen and oxygen atoms in total. The molecule has 0 aliphatic rings. The van der Waals surface area contributed by atoms with E-state index in [1.54, 1.807) is 13.8 Å². The van der Waals surface area contributed by atoms with Crippen molar-refractivity contribution in [3.63, 3.8) is 0 Å². The van der Waals surface area contributed by atoms with Crippen LogP contribution in [0, 0.1) is 5.92 Å². The van der Waals surface area contributed by atoms with E-state index >= 15 is 0 Å². The van der Waals surface area contributed by atoms with Gasteiger partial charge in [-0.15, -0.1) is 0 Å². The number of carbonyl (C=O) groups is 2. The maximum atomic E-state index is 11.5. The monoisotopic (exact) mass is 231 g/mol. The first-order chi connectivity index (χ1) is 7.51. The van der Waals surface area contributed by atoms with Crippen LogP contribution in [0.15, 0.2) is 0 Å². The van der Waals surface area contributed by atoms with Crippen LogP contribution < -0.4 is 0 Å². The fourth-order valence-corrected chi connectivity index (χ4v) is 1.22. The molecule has 0 rings (SSSR count). The van der Waals surface area contributed by atoms with E-state index in [1.165, 1.54) is 4.90 Å². The number of rotatable bonds is 6. The summed E-state index contributed by atoms with van der Waals surface area (Å²) in [7, 11) is 0. The van der Waals surface area contributed by atoms with Crippen molar-refractivity contribution in [2.45, 2.75) is 27.7 Å². The van der Waals surface area contributed by atoms with Gasteiger partial charge in [-0.2, -0.15) is 0 Å². The van der Waals surface area contributed by atoms with Gasteiger partial charge in [0.2, 0.25) is 0 Å². The van der Waals surface area contributed by atoms with Crippen molar-refractivity contribution in [3.8, 4) is 0 Å². The first-order valence-corrected chi connectivity index (χ1v) is 5.58. The molecule has 0 spiro atoms. The number of hydrogen-bond acceptors (Lipinski definition) is 4. The molecule has 0 heterocycles. The molecule has 0 aromatic heterocycles. The number of amides is 1. The highest BCUT2D eigenvalue weighted by Gasteiger charge is 2.19. The minimum atomic E-state index is -0.468. The molecule has 0 N–H and O–H groups in total. The third-order valence-electron chi connectivity index (χ3n) is 1.74. The minimum Gasteiger partial charge on any atom is -0.465 e. The average molecular weight is 231 g/mol. The second-order valence-corrected chi connectivity index (χ2v) is 3.78. The van der Waals surface area contributed by atoms with Crippen molar-refractivity contribution < 1.29 is 19.1 Å². The van der Waals surface area contributed by atoms with E-state index in [1.807, 2.05) is 13.8 Å². The summed E-state index contributed by atoms with van der Waals surface area (Å²) in [5.41, 5.74) is 0. The van der Waals surface area contributed by atoms with Crippen LogP contribution in [0.1, 0.15) is 27.7 Å². The molecule has 0 radical (unpaired) electrons. The lowest BCUT2D eigenvalue weighted by Gasteiger charge is -2.22. The normalized spacial score (nSPS) is 10.1. The fraction of sp³-hybridized carbons (Fsp3) is 0.818. The molecule has 0 unspecified atom stereocenters. The van der Waals surface area contributed by atoms with Gasteiger partial charge in [0, 0.05) is 6.54 Å². The largest absolute Gasteiger partial charge is 0.465 e. The Morgan fingerprint density at radius 2 is 1.69 bits per heavy atom. The summed E-state index contributed by atoms with van der Waals surface area (Å²) in [5.74, 6) is -0.130. The second-order valence-electron chi connectivity index (χ2n) is 3.78. The lowest BCUT2D eigenvalue weighted by Crippen LogP contribution is -2.39. The number of ether oxygens (including phenoxy) is 2. The maximum Gasteiger partial charge on any atom is 0.410 e. The summed E-state index contributed by atoms with van der Waals surface area (Å²) in [6.07, 6.45) is -0.468. The summed E-state index contributed by atoms with van der Waals surface area (Å²) in [6, 6.07) is 0. The van der Waals surface area contributed by atoms with Crippen LogP contribution in [0.25, 0.3) is 0 Å². The van der Waals surface area contributed by atoms with Crippen LogP contribution in [0.4, 0.5) is 4.79 Å². The highest BCUT2D eigenvalue weighted by atomic mass is 16.6. The van der Waals surface area contributed by atoms with E-state index in [0.29, 0.717) is 19.8 Å². The zero-order valence-corrected chi connectivity index (χ0v) is 10.5. The van der Waals surface area contributed by atoms with Gasteiger partial charge in [-0.1, -0.05) is 13.8 Å². The van der Waals surface area contributed by atoms with Crippen LogP contribution in [0.2, 0.25) is 0 Å². The molecule has 0 aromatic carbocycles. The number of hydrogen-bond donors (Lipinski definition) is 0. The summed E-state index contributed by atoms with van der Waals surface area (Å²) in [6.45, 7) is 8.45. The standard InChI is InChI=1S/C11H21NO4/c1-5-15-10(13)8-12(7-9(3)4)11(14)16-6-2/h9H,5-8H2,1-4H3. The SMILES string of the molecule is CCOC(=O)CN(CC(C)C)C(=O)OCC. The van der Waals surface area contributed by atoms with Crippen LogP contribution in [-0.4, -0.2) is 43.3 Å². The molecule has 0 bridgehead atoms. The zero-order chi connectivity index (χ0) is 12.6. The quantitative estimate of drug-likeness (QED) is 0.652. The molecule has 0 aromatic rings. The van der Waals surface area contributed by atoms with Gasteiger partial charge >= 0.3 is 12.1 Å². The van der Waals surface area contributed by atoms with Gasteiger partial charge < -0.3 is 9.47 Å². The van der Waals surface area contributed by atoms with Gasteiger partial charge in [-0.05, 0) is 19.8 Å². The van der Waals surface area contributed by atoms with Gasteiger partial charge in [0.1, 0.15) is 6.54 Å². The van der Waals surface area contributed by atoms with Crippen molar-refractivity contribution >= 4 is 12.1 Å². The molecule has 0 aliphatic heterocycles. The Hall–Kier alpha value is -1.26. The molecule has 5 heteroatoms. The molecular weight excluding hydrogens is 210 g/mol. The highest BCUT2D eigenvalue weighted by molar-refractivity contribution is 5.78. The smallest absolute Gasteiger partial charge is 0.410 e. The van der Waals surface area contributed by atoms with E-state index in [2.05, 4.69) is 0 Å². The van der Waals surface area contributed by atoms with Gasteiger partial charge in [-0.3, -0.25) is 9.69 Å². The third kappa shape index (κ3) is 6.27. The number of carbonyl (C=O) groups excluding carboxylic acids is 2. The first kappa shape index (κ1) is 14.7. The van der Waals surface area contributed by atoms with Crippen LogP contribution in [-0.2, 0) is 14.3 Å². The van der Waals surface area contributed by atoms with E-state index in [4.69, 9.17) is 9.47 Å². The summed E-state index contributed by atoms with van der Waals surface area (Å²) in [5, 5.41) is 0. The molecule has 0 saturated heterocycles. The molecule has 1 amide bonds. The first-order valence-electron chi connectivity index (χ1n) is 5.58. The molecule has 0 saturated carbocycles. The lowest BCUT2D eigenvalue weighted by molar-refractivity contribution is -0.144. The molecule has 94 valence electrons. The topological polar surface area (TPSA) is 55.8 Å².